The zero-order chi connectivity index (χ0) is 12.4. The van der Waals surface area contributed by atoms with Gasteiger partial charge in [0.05, 0.1) is 12.7 Å². The van der Waals surface area contributed by atoms with Gasteiger partial charge in [-0.05, 0) is 55.2 Å². The number of ether oxygens (including phenoxy) is 1. The van der Waals surface area contributed by atoms with Crippen molar-refractivity contribution in [1.82, 2.24) is 0 Å². The SMILES string of the molecule is OC(Cc1ccc2c(c1)CCC2)C1CCCOC1. The number of aliphatic hydroxyl groups is 1. The van der Waals surface area contributed by atoms with E-state index < -0.39 is 0 Å². The van der Waals surface area contributed by atoms with Crippen LogP contribution in [0.5, 0.6) is 0 Å². The average molecular weight is 246 g/mol. The third kappa shape index (κ3) is 2.60. The lowest BCUT2D eigenvalue weighted by Gasteiger charge is -2.26. The fourth-order valence-corrected chi connectivity index (χ4v) is 3.23. The van der Waals surface area contributed by atoms with Gasteiger partial charge >= 0.3 is 0 Å². The molecule has 0 radical (unpaired) electrons. The molecule has 2 heteroatoms. The van der Waals surface area contributed by atoms with Gasteiger partial charge in [0.25, 0.3) is 0 Å². The van der Waals surface area contributed by atoms with E-state index in [2.05, 4.69) is 18.2 Å². The molecular formula is C16H22O2. The van der Waals surface area contributed by atoms with Gasteiger partial charge in [0.1, 0.15) is 0 Å². The van der Waals surface area contributed by atoms with Crippen LogP contribution in [0.1, 0.15) is 36.0 Å². The van der Waals surface area contributed by atoms with Gasteiger partial charge in [-0.15, -0.1) is 0 Å². The number of aliphatic hydroxyl groups excluding tert-OH is 1. The van der Waals surface area contributed by atoms with E-state index in [4.69, 9.17) is 4.74 Å². The molecule has 0 amide bonds. The molecular weight excluding hydrogens is 224 g/mol. The van der Waals surface area contributed by atoms with Crippen LogP contribution in [0, 0.1) is 5.92 Å². The van der Waals surface area contributed by atoms with Gasteiger partial charge in [0.15, 0.2) is 0 Å². The smallest absolute Gasteiger partial charge is 0.0630 e. The highest BCUT2D eigenvalue weighted by Gasteiger charge is 2.23. The third-order valence-corrected chi connectivity index (χ3v) is 4.35. The number of hydrogen-bond donors (Lipinski definition) is 1. The highest BCUT2D eigenvalue weighted by Crippen LogP contribution is 2.25. The van der Waals surface area contributed by atoms with E-state index in [0.717, 1.165) is 32.5 Å². The van der Waals surface area contributed by atoms with Crippen molar-refractivity contribution < 1.29 is 9.84 Å². The van der Waals surface area contributed by atoms with Crippen LogP contribution in [-0.4, -0.2) is 24.4 Å². The van der Waals surface area contributed by atoms with Crippen LogP contribution in [0.4, 0.5) is 0 Å². The molecule has 0 saturated carbocycles. The molecule has 98 valence electrons. The van der Waals surface area contributed by atoms with Gasteiger partial charge in [-0.2, -0.15) is 0 Å². The first-order valence-corrected chi connectivity index (χ1v) is 7.19. The Morgan fingerprint density at radius 2 is 2.11 bits per heavy atom. The van der Waals surface area contributed by atoms with Gasteiger partial charge in [0.2, 0.25) is 0 Å². The molecule has 18 heavy (non-hydrogen) atoms. The molecule has 2 aliphatic rings. The summed E-state index contributed by atoms with van der Waals surface area (Å²) in [6.07, 6.45) is 6.46. The summed E-state index contributed by atoms with van der Waals surface area (Å²) in [6.45, 7) is 1.59. The highest BCUT2D eigenvalue weighted by molar-refractivity contribution is 5.35. The summed E-state index contributed by atoms with van der Waals surface area (Å²) in [5.41, 5.74) is 4.29. The summed E-state index contributed by atoms with van der Waals surface area (Å²) < 4.78 is 5.45. The first-order valence-electron chi connectivity index (χ1n) is 7.19. The van der Waals surface area contributed by atoms with Crippen molar-refractivity contribution in [2.24, 2.45) is 5.92 Å². The summed E-state index contributed by atoms with van der Waals surface area (Å²) >= 11 is 0. The monoisotopic (exact) mass is 246 g/mol. The lowest BCUT2D eigenvalue weighted by atomic mass is 9.91. The van der Waals surface area contributed by atoms with Crippen LogP contribution < -0.4 is 0 Å². The summed E-state index contributed by atoms with van der Waals surface area (Å²) in [4.78, 5) is 0. The minimum absolute atomic E-state index is 0.246. The van der Waals surface area contributed by atoms with E-state index in [1.807, 2.05) is 0 Å². The second-order valence-corrected chi connectivity index (χ2v) is 5.71. The summed E-state index contributed by atoms with van der Waals surface area (Å²) in [6, 6.07) is 6.74. The van der Waals surface area contributed by atoms with Gasteiger partial charge in [-0.3, -0.25) is 0 Å². The minimum Gasteiger partial charge on any atom is -0.392 e. The molecule has 3 rings (SSSR count). The molecule has 1 aliphatic carbocycles. The molecule has 0 spiro atoms. The summed E-state index contributed by atoms with van der Waals surface area (Å²) in [7, 11) is 0. The normalized spacial score (nSPS) is 24.8. The molecule has 2 unspecified atom stereocenters. The molecule has 1 fully saturated rings. The quantitative estimate of drug-likeness (QED) is 0.888. The Morgan fingerprint density at radius 3 is 2.94 bits per heavy atom. The number of hydrogen-bond acceptors (Lipinski definition) is 2. The molecule has 1 N–H and O–H groups in total. The molecule has 1 heterocycles. The fourth-order valence-electron chi connectivity index (χ4n) is 3.23. The van der Waals surface area contributed by atoms with Crippen molar-refractivity contribution in [3.8, 4) is 0 Å². The van der Waals surface area contributed by atoms with Gasteiger partial charge in [-0.1, -0.05) is 18.2 Å². The van der Waals surface area contributed by atoms with Gasteiger partial charge in [-0.25, -0.2) is 0 Å². The third-order valence-electron chi connectivity index (χ3n) is 4.35. The second kappa shape index (κ2) is 5.41. The van der Waals surface area contributed by atoms with Crippen LogP contribution in [0.25, 0.3) is 0 Å². The van der Waals surface area contributed by atoms with Crippen molar-refractivity contribution in [2.75, 3.05) is 13.2 Å². The lowest BCUT2D eigenvalue weighted by molar-refractivity contribution is -0.00847. The number of aryl methyl sites for hydroxylation is 2. The number of fused-ring (bicyclic) bond motifs is 1. The fraction of sp³-hybridized carbons (Fsp3) is 0.625. The molecule has 1 saturated heterocycles. The van der Waals surface area contributed by atoms with Gasteiger partial charge < -0.3 is 9.84 Å². The Hall–Kier alpha value is -0.860. The van der Waals surface area contributed by atoms with Gasteiger partial charge in [0, 0.05) is 12.5 Å². The Labute approximate surface area is 109 Å². The molecule has 2 nitrogen and oxygen atoms in total. The predicted octanol–water partition coefficient (Wildman–Crippen LogP) is 2.51. The average Bonchev–Trinajstić information content (AvgIpc) is 2.87. The molecule has 1 aromatic carbocycles. The largest absolute Gasteiger partial charge is 0.392 e. The molecule has 2 atom stereocenters. The van der Waals surface area contributed by atoms with Crippen LogP contribution in [0.3, 0.4) is 0 Å². The maximum atomic E-state index is 10.3. The highest BCUT2D eigenvalue weighted by atomic mass is 16.5. The standard InChI is InChI=1S/C16H22O2/c17-16(15-5-2-8-18-11-15)10-12-6-7-13-3-1-4-14(13)9-12/h6-7,9,15-17H,1-5,8,10-11H2. The zero-order valence-electron chi connectivity index (χ0n) is 10.9. The zero-order valence-corrected chi connectivity index (χ0v) is 10.9. The Morgan fingerprint density at radius 1 is 1.22 bits per heavy atom. The maximum absolute atomic E-state index is 10.3. The van der Waals surface area contributed by atoms with E-state index in [0.29, 0.717) is 5.92 Å². The molecule has 1 aromatic rings. The molecule has 1 aliphatic heterocycles. The predicted molar refractivity (Wildman–Crippen MR) is 71.7 cm³/mol. The Balaban J connectivity index is 1.64. The Bertz CT molecular complexity index is 408. The first kappa shape index (κ1) is 12.2. The maximum Gasteiger partial charge on any atom is 0.0630 e. The van der Waals surface area contributed by atoms with Crippen molar-refractivity contribution in [3.05, 3.63) is 34.9 Å². The Kier molecular flexibility index (Phi) is 3.67. The van der Waals surface area contributed by atoms with Crippen molar-refractivity contribution >= 4 is 0 Å². The van der Waals surface area contributed by atoms with E-state index >= 15 is 0 Å². The van der Waals surface area contributed by atoms with Crippen molar-refractivity contribution in [1.29, 1.82) is 0 Å². The molecule has 0 aromatic heterocycles. The van der Waals surface area contributed by atoms with Crippen LogP contribution in [0.2, 0.25) is 0 Å². The van der Waals surface area contributed by atoms with Crippen LogP contribution in [-0.2, 0) is 24.0 Å². The van der Waals surface area contributed by atoms with E-state index in [-0.39, 0.29) is 6.10 Å². The minimum atomic E-state index is -0.246. The van der Waals surface area contributed by atoms with E-state index in [1.54, 1.807) is 0 Å². The van der Waals surface area contributed by atoms with Crippen LogP contribution >= 0.6 is 0 Å². The first-order chi connectivity index (χ1) is 8.83. The van der Waals surface area contributed by atoms with Crippen LogP contribution in [0.15, 0.2) is 18.2 Å². The lowest BCUT2D eigenvalue weighted by Crippen LogP contribution is -2.30. The van der Waals surface area contributed by atoms with Crippen molar-refractivity contribution in [3.63, 3.8) is 0 Å². The van der Waals surface area contributed by atoms with E-state index in [1.165, 1.54) is 36.0 Å². The topological polar surface area (TPSA) is 29.5 Å². The number of benzene rings is 1. The molecule has 0 bridgehead atoms. The summed E-state index contributed by atoms with van der Waals surface area (Å²) in [5.74, 6) is 0.326. The second-order valence-electron chi connectivity index (χ2n) is 5.71. The summed E-state index contributed by atoms with van der Waals surface area (Å²) in [5, 5.41) is 10.3. The van der Waals surface area contributed by atoms with E-state index in [9.17, 15) is 5.11 Å². The number of rotatable bonds is 3. The van der Waals surface area contributed by atoms with Crippen molar-refractivity contribution in [2.45, 2.75) is 44.6 Å².